The highest BCUT2D eigenvalue weighted by atomic mass is 32.2. The molecule has 0 spiro atoms. The van der Waals surface area contributed by atoms with Gasteiger partial charge in [0.05, 0.1) is 10.6 Å². The van der Waals surface area contributed by atoms with Crippen molar-refractivity contribution in [3.8, 4) is 5.75 Å². The summed E-state index contributed by atoms with van der Waals surface area (Å²) in [6, 6.07) is 14.0. The second kappa shape index (κ2) is 6.73. The van der Waals surface area contributed by atoms with E-state index in [0.29, 0.717) is 16.8 Å². The van der Waals surface area contributed by atoms with Crippen LogP contribution in [0.4, 0.5) is 0 Å². The van der Waals surface area contributed by atoms with E-state index in [4.69, 9.17) is 4.74 Å². The van der Waals surface area contributed by atoms with Crippen molar-refractivity contribution >= 4 is 29.4 Å². The lowest BCUT2D eigenvalue weighted by atomic mass is 10.0. The van der Waals surface area contributed by atoms with Crippen molar-refractivity contribution < 1.29 is 9.53 Å². The predicted molar refractivity (Wildman–Crippen MR) is 101 cm³/mol. The number of thioether (sulfide) groups is 2. The minimum absolute atomic E-state index is 0.0452. The van der Waals surface area contributed by atoms with Gasteiger partial charge < -0.3 is 10.1 Å². The number of benzene rings is 2. The summed E-state index contributed by atoms with van der Waals surface area (Å²) in [6.45, 7) is 2.55. The molecule has 124 valence electrons. The molecule has 0 saturated carbocycles. The molecule has 2 aromatic carbocycles. The Bertz CT molecular complexity index is 754. The van der Waals surface area contributed by atoms with Gasteiger partial charge in [0.1, 0.15) is 12.4 Å². The summed E-state index contributed by atoms with van der Waals surface area (Å²) < 4.78 is 6.18. The van der Waals surface area contributed by atoms with Gasteiger partial charge in [-0.3, -0.25) is 4.79 Å². The van der Waals surface area contributed by atoms with E-state index in [1.807, 2.05) is 47.8 Å². The van der Waals surface area contributed by atoms with Crippen molar-refractivity contribution in [2.75, 3.05) is 18.1 Å². The third-order valence-corrected chi connectivity index (χ3v) is 7.42. The molecule has 0 radical (unpaired) electrons. The van der Waals surface area contributed by atoms with Crippen molar-refractivity contribution in [3.05, 3.63) is 64.7 Å². The van der Waals surface area contributed by atoms with Crippen LogP contribution in [0.2, 0.25) is 0 Å². The summed E-state index contributed by atoms with van der Waals surface area (Å²) in [7, 11) is 0. The molecule has 0 aliphatic carbocycles. The predicted octanol–water partition coefficient (Wildman–Crippen LogP) is 4.34. The van der Waals surface area contributed by atoms with Gasteiger partial charge in [0.15, 0.2) is 0 Å². The highest BCUT2D eigenvalue weighted by molar-refractivity contribution is 8.19. The van der Waals surface area contributed by atoms with Crippen molar-refractivity contribution in [2.24, 2.45) is 0 Å². The van der Waals surface area contributed by atoms with Gasteiger partial charge in [-0.25, -0.2) is 0 Å². The van der Waals surface area contributed by atoms with Gasteiger partial charge in [0.2, 0.25) is 0 Å². The molecule has 2 aliphatic heterocycles. The number of aryl methyl sites for hydroxylation is 1. The molecule has 1 amide bonds. The van der Waals surface area contributed by atoms with Gasteiger partial charge in [0.25, 0.3) is 5.91 Å². The van der Waals surface area contributed by atoms with Crippen LogP contribution in [-0.4, -0.2) is 24.0 Å². The third kappa shape index (κ3) is 3.15. The van der Waals surface area contributed by atoms with E-state index in [1.165, 1.54) is 22.6 Å². The lowest BCUT2D eigenvalue weighted by Crippen LogP contribution is -2.29. The van der Waals surface area contributed by atoms with Crippen LogP contribution in [-0.2, 0) is 0 Å². The zero-order valence-corrected chi connectivity index (χ0v) is 15.1. The molecule has 1 saturated heterocycles. The van der Waals surface area contributed by atoms with E-state index in [1.54, 1.807) is 0 Å². The minimum atomic E-state index is -0.0759. The Hall–Kier alpha value is -1.59. The van der Waals surface area contributed by atoms with Gasteiger partial charge in [0, 0.05) is 22.6 Å². The minimum Gasteiger partial charge on any atom is -0.491 e. The summed E-state index contributed by atoms with van der Waals surface area (Å²) in [5.41, 5.74) is 4.24. The van der Waals surface area contributed by atoms with E-state index in [9.17, 15) is 4.79 Å². The zero-order valence-electron chi connectivity index (χ0n) is 13.5. The first-order valence-electron chi connectivity index (χ1n) is 8.08. The average Bonchev–Trinajstić information content (AvgIpc) is 3.25. The number of carbonyl (C=O) groups excluding carboxylic acids is 1. The van der Waals surface area contributed by atoms with Crippen LogP contribution in [0.1, 0.15) is 37.7 Å². The summed E-state index contributed by atoms with van der Waals surface area (Å²) in [5, 5.41) is 3.09. The molecule has 4 rings (SSSR count). The maximum Gasteiger partial charge on any atom is 0.251 e. The Morgan fingerprint density at radius 1 is 1.12 bits per heavy atom. The van der Waals surface area contributed by atoms with E-state index in [0.717, 1.165) is 11.3 Å². The Morgan fingerprint density at radius 2 is 1.88 bits per heavy atom. The lowest BCUT2D eigenvalue weighted by molar-refractivity contribution is 0.0930. The van der Waals surface area contributed by atoms with Crippen LogP contribution in [0.3, 0.4) is 0 Å². The molecule has 5 heteroatoms. The third-order valence-electron chi connectivity index (χ3n) is 4.32. The van der Waals surface area contributed by atoms with Gasteiger partial charge >= 0.3 is 0 Å². The van der Waals surface area contributed by atoms with Crippen LogP contribution < -0.4 is 10.1 Å². The number of ether oxygens (including phenoxy) is 1. The molecule has 2 heterocycles. The Kier molecular flexibility index (Phi) is 4.46. The fraction of sp³-hybridized carbons (Fsp3) is 0.316. The first kappa shape index (κ1) is 15.9. The number of amides is 1. The Balaban J connectivity index is 1.46. The van der Waals surface area contributed by atoms with Gasteiger partial charge in [-0.05, 0) is 30.7 Å². The van der Waals surface area contributed by atoms with Crippen molar-refractivity contribution in [3.63, 3.8) is 0 Å². The largest absolute Gasteiger partial charge is 0.491 e. The van der Waals surface area contributed by atoms with Crippen LogP contribution >= 0.6 is 23.5 Å². The first-order valence-corrected chi connectivity index (χ1v) is 10.2. The molecule has 1 N–H and O–H groups in total. The quantitative estimate of drug-likeness (QED) is 0.887. The number of nitrogens with one attached hydrogen (secondary N) is 1. The van der Waals surface area contributed by atoms with Crippen LogP contribution in [0, 0.1) is 6.92 Å². The van der Waals surface area contributed by atoms with Crippen molar-refractivity contribution in [1.82, 2.24) is 5.32 Å². The van der Waals surface area contributed by atoms with Crippen LogP contribution in [0.5, 0.6) is 5.75 Å². The summed E-state index contributed by atoms with van der Waals surface area (Å²) in [6.07, 6.45) is 0. The fourth-order valence-corrected chi connectivity index (χ4v) is 5.90. The van der Waals surface area contributed by atoms with Crippen LogP contribution in [0.15, 0.2) is 42.5 Å². The first-order chi connectivity index (χ1) is 11.7. The second-order valence-corrected chi connectivity index (χ2v) is 8.80. The van der Waals surface area contributed by atoms with Crippen LogP contribution in [0.25, 0.3) is 0 Å². The maximum atomic E-state index is 12.6. The molecule has 0 aromatic heterocycles. The molecular weight excluding hydrogens is 338 g/mol. The summed E-state index contributed by atoms with van der Waals surface area (Å²) in [4.78, 5) is 12.6. The monoisotopic (exact) mass is 357 g/mol. The maximum absolute atomic E-state index is 12.6. The van der Waals surface area contributed by atoms with Gasteiger partial charge in [-0.15, -0.1) is 23.5 Å². The Labute approximate surface area is 150 Å². The van der Waals surface area contributed by atoms with Crippen molar-refractivity contribution in [2.45, 2.75) is 17.5 Å². The highest BCUT2D eigenvalue weighted by Crippen LogP contribution is 2.45. The van der Waals surface area contributed by atoms with E-state index in [-0.39, 0.29) is 11.9 Å². The zero-order chi connectivity index (χ0) is 16.5. The van der Waals surface area contributed by atoms with E-state index >= 15 is 0 Å². The highest BCUT2D eigenvalue weighted by Gasteiger charge is 2.26. The van der Waals surface area contributed by atoms with Gasteiger partial charge in [-0.2, -0.15) is 0 Å². The fourth-order valence-electron chi connectivity index (χ4n) is 3.04. The normalized spacial score (nSPS) is 19.8. The molecule has 2 aromatic rings. The molecule has 2 aliphatic rings. The molecule has 1 fully saturated rings. The number of rotatable bonds is 3. The lowest BCUT2D eigenvalue weighted by Gasteiger charge is -2.13. The average molecular weight is 358 g/mol. The standard InChI is InChI=1S/C19H19NO2S2/c1-12-2-7-17-15(10-12)16(11-22-17)20-18(21)13-3-5-14(6-4-13)19-23-8-9-24-19/h2-7,10,16,19H,8-9,11H2,1H3,(H,20,21). The number of fused-ring (bicyclic) bond motifs is 1. The smallest absolute Gasteiger partial charge is 0.251 e. The number of hydrogen-bond donors (Lipinski definition) is 1. The van der Waals surface area contributed by atoms with E-state index < -0.39 is 0 Å². The summed E-state index contributed by atoms with van der Waals surface area (Å²) >= 11 is 3.95. The molecule has 1 unspecified atom stereocenters. The molecule has 3 nitrogen and oxygen atoms in total. The van der Waals surface area contributed by atoms with E-state index in [2.05, 4.69) is 30.4 Å². The van der Waals surface area contributed by atoms with Gasteiger partial charge in [-0.1, -0.05) is 29.8 Å². The molecule has 24 heavy (non-hydrogen) atoms. The van der Waals surface area contributed by atoms with Crippen molar-refractivity contribution in [1.29, 1.82) is 0 Å². The number of hydrogen-bond acceptors (Lipinski definition) is 4. The molecule has 1 atom stereocenters. The Morgan fingerprint density at radius 3 is 2.62 bits per heavy atom. The SMILES string of the molecule is Cc1ccc2c(c1)C(NC(=O)c1ccc(C3SCCS3)cc1)CO2. The second-order valence-electron chi connectivity index (χ2n) is 6.07. The summed E-state index contributed by atoms with van der Waals surface area (Å²) in [5.74, 6) is 3.24. The molecule has 0 bridgehead atoms. The number of carbonyl (C=O) groups is 1. The molecular formula is C19H19NO2S2. The topological polar surface area (TPSA) is 38.3 Å².